The number of hydrogen-bond donors (Lipinski definition) is 2. The Hall–Kier alpha value is -2.69. The third-order valence-corrected chi connectivity index (χ3v) is 3.30. The second-order valence-electron chi connectivity index (χ2n) is 5.10. The maximum Gasteiger partial charge on any atom is 0.339 e. The number of carbonyl (C=O) groups is 1. The van der Waals surface area contributed by atoms with Crippen molar-refractivity contribution in [2.45, 2.75) is 20.8 Å². The molecule has 2 aromatic carbocycles. The van der Waals surface area contributed by atoms with E-state index in [-0.39, 0.29) is 5.82 Å². The molecule has 2 amide bonds. The number of hydrazone groups is 1. The van der Waals surface area contributed by atoms with Crippen molar-refractivity contribution in [3.8, 4) is 0 Å². The Bertz CT molecular complexity index is 706. The molecule has 2 aromatic rings. The maximum atomic E-state index is 13.4. The number of halogens is 1. The van der Waals surface area contributed by atoms with Gasteiger partial charge in [-0.2, -0.15) is 5.10 Å². The first-order valence-corrected chi connectivity index (χ1v) is 6.90. The lowest BCUT2D eigenvalue weighted by atomic mass is 10.1. The predicted octanol–water partition coefficient (Wildman–Crippen LogP) is 3.91. The molecule has 4 nitrogen and oxygen atoms in total. The standard InChI is InChI=1S/C17H18FN3O/c1-11-7-8-14(9-15(11)18)10-19-21-17(22)20-16-12(2)5-4-6-13(16)3/h4-10H,1-3H3,(H2,20,21,22)/b19-10+. The van der Waals surface area contributed by atoms with Gasteiger partial charge in [0.05, 0.1) is 6.21 Å². The topological polar surface area (TPSA) is 53.5 Å². The third kappa shape index (κ3) is 3.91. The minimum absolute atomic E-state index is 0.302. The molecule has 2 N–H and O–H groups in total. The molecule has 0 aliphatic carbocycles. The number of carbonyl (C=O) groups excluding carboxylic acids is 1. The zero-order valence-corrected chi connectivity index (χ0v) is 12.8. The van der Waals surface area contributed by atoms with Gasteiger partial charge < -0.3 is 5.32 Å². The number of rotatable bonds is 3. The van der Waals surface area contributed by atoms with E-state index in [2.05, 4.69) is 15.8 Å². The summed E-state index contributed by atoms with van der Waals surface area (Å²) >= 11 is 0. The normalized spacial score (nSPS) is 10.7. The molecule has 0 fully saturated rings. The summed E-state index contributed by atoms with van der Waals surface area (Å²) in [7, 11) is 0. The van der Waals surface area contributed by atoms with Gasteiger partial charge in [-0.25, -0.2) is 14.6 Å². The Morgan fingerprint density at radius 3 is 2.41 bits per heavy atom. The fourth-order valence-electron chi connectivity index (χ4n) is 2.01. The molecule has 0 spiro atoms. The summed E-state index contributed by atoms with van der Waals surface area (Å²) in [4.78, 5) is 11.8. The van der Waals surface area contributed by atoms with Crippen LogP contribution >= 0.6 is 0 Å². The lowest BCUT2D eigenvalue weighted by Gasteiger charge is -2.10. The quantitative estimate of drug-likeness (QED) is 0.655. The molecule has 0 atom stereocenters. The highest BCUT2D eigenvalue weighted by Gasteiger charge is 2.05. The van der Waals surface area contributed by atoms with Gasteiger partial charge in [-0.3, -0.25) is 0 Å². The van der Waals surface area contributed by atoms with Crippen molar-refractivity contribution < 1.29 is 9.18 Å². The van der Waals surface area contributed by atoms with Crippen LogP contribution in [0.25, 0.3) is 0 Å². The van der Waals surface area contributed by atoms with Crippen molar-refractivity contribution in [2.24, 2.45) is 5.10 Å². The number of urea groups is 1. The van der Waals surface area contributed by atoms with Gasteiger partial charge in [-0.1, -0.05) is 30.3 Å². The van der Waals surface area contributed by atoms with Crippen molar-refractivity contribution in [1.82, 2.24) is 5.43 Å². The van der Waals surface area contributed by atoms with Crippen LogP contribution in [-0.4, -0.2) is 12.2 Å². The third-order valence-electron chi connectivity index (χ3n) is 3.30. The molecule has 0 heterocycles. The Labute approximate surface area is 129 Å². The van der Waals surface area contributed by atoms with Crippen molar-refractivity contribution in [2.75, 3.05) is 5.32 Å². The van der Waals surface area contributed by atoms with Crippen LogP contribution in [0.1, 0.15) is 22.3 Å². The minimum atomic E-state index is -0.443. The SMILES string of the molecule is Cc1ccc(/C=N/NC(=O)Nc2c(C)cccc2C)cc1F. The van der Waals surface area contributed by atoms with Crippen LogP contribution in [0.15, 0.2) is 41.5 Å². The maximum absolute atomic E-state index is 13.4. The summed E-state index contributed by atoms with van der Waals surface area (Å²) in [6.07, 6.45) is 1.40. The van der Waals surface area contributed by atoms with Gasteiger partial charge in [0.2, 0.25) is 0 Å². The van der Waals surface area contributed by atoms with E-state index in [1.807, 2.05) is 32.0 Å². The molecule has 22 heavy (non-hydrogen) atoms. The molecule has 114 valence electrons. The van der Waals surface area contributed by atoms with E-state index in [0.717, 1.165) is 16.8 Å². The van der Waals surface area contributed by atoms with Gasteiger partial charge in [0, 0.05) is 5.69 Å². The van der Waals surface area contributed by atoms with Gasteiger partial charge in [0.1, 0.15) is 5.82 Å². The molecule has 0 saturated heterocycles. The smallest absolute Gasteiger partial charge is 0.306 e. The van der Waals surface area contributed by atoms with E-state index in [1.165, 1.54) is 12.3 Å². The molecular formula is C17H18FN3O. The van der Waals surface area contributed by atoms with Crippen LogP contribution in [0.2, 0.25) is 0 Å². The summed E-state index contributed by atoms with van der Waals surface area (Å²) in [5, 5.41) is 6.56. The minimum Gasteiger partial charge on any atom is -0.306 e. The predicted molar refractivity (Wildman–Crippen MR) is 86.8 cm³/mol. The van der Waals surface area contributed by atoms with E-state index in [9.17, 15) is 9.18 Å². The molecule has 5 heteroatoms. The second kappa shape index (κ2) is 6.85. The number of amides is 2. The number of benzene rings is 2. The monoisotopic (exact) mass is 299 g/mol. The summed E-state index contributed by atoms with van der Waals surface area (Å²) in [5.74, 6) is -0.302. The van der Waals surface area contributed by atoms with Crippen LogP contribution in [0, 0.1) is 26.6 Å². The van der Waals surface area contributed by atoms with E-state index < -0.39 is 6.03 Å². The summed E-state index contributed by atoms with van der Waals surface area (Å²) < 4.78 is 13.4. The number of nitrogens with one attached hydrogen (secondary N) is 2. The van der Waals surface area contributed by atoms with Gasteiger partial charge >= 0.3 is 6.03 Å². The van der Waals surface area contributed by atoms with Gasteiger partial charge in [0.15, 0.2) is 0 Å². The molecule has 0 unspecified atom stereocenters. The van der Waals surface area contributed by atoms with Gasteiger partial charge in [-0.05, 0) is 49.1 Å². The van der Waals surface area contributed by atoms with Crippen LogP contribution in [0.5, 0.6) is 0 Å². The number of hydrogen-bond acceptors (Lipinski definition) is 2. The van der Waals surface area contributed by atoms with Crippen molar-refractivity contribution >= 4 is 17.9 Å². The average Bonchev–Trinajstić information content (AvgIpc) is 2.47. The highest BCUT2D eigenvalue weighted by molar-refractivity contribution is 5.91. The zero-order valence-electron chi connectivity index (χ0n) is 12.8. The van der Waals surface area contributed by atoms with Crippen molar-refractivity contribution in [3.05, 3.63) is 64.5 Å². The van der Waals surface area contributed by atoms with Gasteiger partial charge in [-0.15, -0.1) is 0 Å². The summed E-state index contributed by atoms with van der Waals surface area (Å²) in [6, 6.07) is 10.1. The van der Waals surface area contributed by atoms with Crippen molar-refractivity contribution in [1.29, 1.82) is 0 Å². The largest absolute Gasteiger partial charge is 0.339 e. The van der Waals surface area contributed by atoms with E-state index in [1.54, 1.807) is 19.1 Å². The lowest BCUT2D eigenvalue weighted by Crippen LogP contribution is -2.25. The van der Waals surface area contributed by atoms with Crippen LogP contribution in [0.3, 0.4) is 0 Å². The number of anilines is 1. The second-order valence-corrected chi connectivity index (χ2v) is 5.10. The first-order chi connectivity index (χ1) is 10.5. The van der Waals surface area contributed by atoms with Crippen LogP contribution < -0.4 is 10.7 Å². The molecule has 0 aromatic heterocycles. The summed E-state index contributed by atoms with van der Waals surface area (Å²) in [6.45, 7) is 5.52. The Morgan fingerprint density at radius 1 is 1.09 bits per heavy atom. The number of aryl methyl sites for hydroxylation is 3. The highest BCUT2D eigenvalue weighted by atomic mass is 19.1. The molecule has 0 radical (unpaired) electrons. The number of para-hydroxylation sites is 1. The molecule has 0 saturated carbocycles. The van der Waals surface area contributed by atoms with E-state index in [4.69, 9.17) is 0 Å². The lowest BCUT2D eigenvalue weighted by molar-refractivity contribution is 0.252. The van der Waals surface area contributed by atoms with Gasteiger partial charge in [0.25, 0.3) is 0 Å². The Morgan fingerprint density at radius 2 is 1.77 bits per heavy atom. The highest BCUT2D eigenvalue weighted by Crippen LogP contribution is 2.18. The first-order valence-electron chi connectivity index (χ1n) is 6.90. The molecule has 2 rings (SSSR count). The average molecular weight is 299 g/mol. The van der Waals surface area contributed by atoms with E-state index >= 15 is 0 Å². The molecular weight excluding hydrogens is 281 g/mol. The summed E-state index contributed by atoms with van der Waals surface area (Å²) in [5.41, 5.74) is 6.22. The molecule has 0 aliphatic rings. The van der Waals surface area contributed by atoms with Crippen LogP contribution in [-0.2, 0) is 0 Å². The first kappa shape index (κ1) is 15.7. The zero-order chi connectivity index (χ0) is 16.1. The van der Waals surface area contributed by atoms with E-state index in [0.29, 0.717) is 11.1 Å². The fraction of sp³-hybridized carbons (Fsp3) is 0.176. The Kier molecular flexibility index (Phi) is 4.88. The van der Waals surface area contributed by atoms with Crippen LogP contribution in [0.4, 0.5) is 14.9 Å². The number of nitrogens with zero attached hydrogens (tertiary/aromatic N) is 1. The molecule has 0 bridgehead atoms. The fourth-order valence-corrected chi connectivity index (χ4v) is 2.01. The van der Waals surface area contributed by atoms with Crippen molar-refractivity contribution in [3.63, 3.8) is 0 Å². The molecule has 0 aliphatic heterocycles. The Balaban J connectivity index is 1.98.